The molecule has 0 atom stereocenters. The van der Waals surface area contributed by atoms with Gasteiger partial charge in [-0.2, -0.15) is 0 Å². The molecular weight excluding hydrogens is 450 g/mol. The van der Waals surface area contributed by atoms with Gasteiger partial charge in [0, 0.05) is 43.4 Å². The predicted molar refractivity (Wildman–Crippen MR) is 142 cm³/mol. The second-order valence-electron chi connectivity index (χ2n) is 9.38. The van der Waals surface area contributed by atoms with E-state index in [1.165, 1.54) is 11.1 Å². The molecule has 0 unspecified atom stereocenters. The van der Waals surface area contributed by atoms with Crippen LogP contribution < -0.4 is 10.6 Å². The van der Waals surface area contributed by atoms with Crippen molar-refractivity contribution in [1.29, 1.82) is 0 Å². The molecule has 1 amide bonds. The first kappa shape index (κ1) is 22.2. The zero-order chi connectivity index (χ0) is 24.6. The van der Waals surface area contributed by atoms with Crippen molar-refractivity contribution in [2.45, 2.75) is 25.7 Å². The number of rotatable bonds is 7. The lowest BCUT2D eigenvalue weighted by atomic mass is 9.98. The lowest BCUT2D eigenvalue weighted by molar-refractivity contribution is -0.117. The van der Waals surface area contributed by atoms with Crippen molar-refractivity contribution < 1.29 is 4.79 Å². The molecule has 1 aliphatic carbocycles. The van der Waals surface area contributed by atoms with Crippen LogP contribution in [0.4, 0.5) is 11.6 Å². The summed E-state index contributed by atoms with van der Waals surface area (Å²) in [6.45, 7) is 0. The summed E-state index contributed by atoms with van der Waals surface area (Å²) < 4.78 is 1.81. The minimum absolute atomic E-state index is 0.0504. The van der Waals surface area contributed by atoms with Gasteiger partial charge in [-0.25, -0.2) is 14.6 Å². The molecule has 5 aromatic rings. The highest BCUT2D eigenvalue weighted by Gasteiger charge is 2.29. The minimum Gasteiger partial charge on any atom is -0.373 e. The summed E-state index contributed by atoms with van der Waals surface area (Å²) in [5.41, 5.74) is 6.59. The summed E-state index contributed by atoms with van der Waals surface area (Å²) in [5.74, 6) is 1.52. The Hall–Kier alpha value is -4.33. The molecule has 3 aromatic heterocycles. The summed E-state index contributed by atoms with van der Waals surface area (Å²) in [6.07, 6.45) is 7.46. The molecule has 0 spiro atoms. The van der Waals surface area contributed by atoms with Crippen LogP contribution in [0.15, 0.2) is 60.9 Å². The normalized spacial score (nSPS) is 13.3. The number of pyridine rings is 2. The Kier molecular flexibility index (Phi) is 5.56. The van der Waals surface area contributed by atoms with E-state index in [0.29, 0.717) is 5.82 Å². The van der Waals surface area contributed by atoms with Crippen LogP contribution in [-0.2, 0) is 24.7 Å². The molecule has 6 rings (SSSR count). The van der Waals surface area contributed by atoms with Crippen molar-refractivity contribution in [2.75, 3.05) is 17.7 Å². The van der Waals surface area contributed by atoms with Crippen LogP contribution in [-0.4, -0.2) is 37.9 Å². The van der Waals surface area contributed by atoms with Gasteiger partial charge in [-0.1, -0.05) is 35.5 Å². The van der Waals surface area contributed by atoms with Gasteiger partial charge in [-0.05, 0) is 66.0 Å². The third-order valence-corrected chi connectivity index (χ3v) is 6.85. The van der Waals surface area contributed by atoms with Gasteiger partial charge in [-0.15, -0.1) is 5.10 Å². The van der Waals surface area contributed by atoms with Crippen LogP contribution in [0.1, 0.15) is 24.0 Å². The van der Waals surface area contributed by atoms with E-state index in [2.05, 4.69) is 67.3 Å². The lowest BCUT2D eigenvalue weighted by Gasteiger charge is -2.12. The molecule has 0 saturated heterocycles. The maximum Gasteiger partial charge on any atom is 0.228 e. The summed E-state index contributed by atoms with van der Waals surface area (Å²) in [7, 11) is 3.77. The molecule has 0 aliphatic heterocycles. The molecule has 1 fully saturated rings. The van der Waals surface area contributed by atoms with Crippen LogP contribution in [0.25, 0.3) is 32.9 Å². The number of benzene rings is 2. The van der Waals surface area contributed by atoms with Crippen molar-refractivity contribution in [3.63, 3.8) is 0 Å². The van der Waals surface area contributed by atoms with Gasteiger partial charge in [0.25, 0.3) is 0 Å². The number of aryl methyl sites for hydroxylation is 3. The topological polar surface area (TPSA) is 97.6 Å². The van der Waals surface area contributed by atoms with Crippen LogP contribution in [0.2, 0.25) is 0 Å². The second kappa shape index (κ2) is 9.03. The van der Waals surface area contributed by atoms with Crippen molar-refractivity contribution in [3.05, 3.63) is 72.1 Å². The predicted octanol–water partition coefficient (Wildman–Crippen LogP) is 4.75. The molecule has 2 aromatic carbocycles. The summed E-state index contributed by atoms with van der Waals surface area (Å²) in [4.78, 5) is 21.3. The zero-order valence-electron chi connectivity index (χ0n) is 20.3. The maximum atomic E-state index is 12.3. The third-order valence-electron chi connectivity index (χ3n) is 6.85. The SMILES string of the molecule is CNc1ncc(-c2ccc(CCc3ccc4nnn(C)c4c3)cc2)c2cc(NC(=O)C3CC3)ncc12. The maximum absolute atomic E-state index is 12.3. The van der Waals surface area contributed by atoms with Gasteiger partial charge in [0.15, 0.2) is 0 Å². The Morgan fingerprint density at radius 1 is 0.972 bits per heavy atom. The number of aromatic nitrogens is 5. The van der Waals surface area contributed by atoms with Gasteiger partial charge in [0.05, 0.1) is 5.52 Å². The molecule has 36 heavy (non-hydrogen) atoms. The molecule has 1 aliphatic rings. The van der Waals surface area contributed by atoms with Crippen molar-refractivity contribution in [2.24, 2.45) is 13.0 Å². The number of amides is 1. The van der Waals surface area contributed by atoms with E-state index < -0.39 is 0 Å². The molecule has 1 saturated carbocycles. The monoisotopic (exact) mass is 477 g/mol. The van der Waals surface area contributed by atoms with Crippen molar-refractivity contribution in [3.8, 4) is 11.1 Å². The molecule has 8 heteroatoms. The minimum atomic E-state index is 0.0504. The summed E-state index contributed by atoms with van der Waals surface area (Å²) in [5, 5.41) is 16.3. The summed E-state index contributed by atoms with van der Waals surface area (Å²) in [6, 6.07) is 16.9. The number of fused-ring (bicyclic) bond motifs is 2. The van der Waals surface area contributed by atoms with Crippen LogP contribution in [0, 0.1) is 5.92 Å². The van der Waals surface area contributed by atoms with E-state index in [1.54, 1.807) is 6.20 Å². The average molecular weight is 478 g/mol. The number of anilines is 2. The van der Waals surface area contributed by atoms with Gasteiger partial charge in [-0.3, -0.25) is 4.79 Å². The fourth-order valence-corrected chi connectivity index (χ4v) is 4.58. The summed E-state index contributed by atoms with van der Waals surface area (Å²) >= 11 is 0. The Morgan fingerprint density at radius 3 is 2.53 bits per heavy atom. The standard InChI is InChI=1S/C28H27N7O/c1-29-27-23-16-30-26(32-28(36)20-10-11-20)14-21(23)22(15-31-27)19-8-5-17(6-9-19)3-4-18-7-12-24-25(13-18)35(2)34-33-24/h5-9,12-16,20H,3-4,10-11H2,1-2H3,(H,29,31)(H,30,32,36). The van der Waals surface area contributed by atoms with Crippen LogP contribution in [0.3, 0.4) is 0 Å². The number of nitrogens with zero attached hydrogens (tertiary/aromatic N) is 5. The van der Waals surface area contributed by atoms with E-state index >= 15 is 0 Å². The van der Waals surface area contributed by atoms with Crippen molar-refractivity contribution in [1.82, 2.24) is 25.0 Å². The number of nitrogens with one attached hydrogen (secondary N) is 2. The van der Waals surface area contributed by atoms with E-state index in [-0.39, 0.29) is 11.8 Å². The quantitative estimate of drug-likeness (QED) is 0.351. The van der Waals surface area contributed by atoms with E-state index in [9.17, 15) is 4.79 Å². The molecule has 180 valence electrons. The number of carbonyl (C=O) groups excluding carboxylic acids is 1. The van der Waals surface area contributed by atoms with Gasteiger partial charge < -0.3 is 10.6 Å². The highest BCUT2D eigenvalue weighted by Crippen LogP contribution is 2.34. The van der Waals surface area contributed by atoms with E-state index in [1.807, 2.05) is 37.1 Å². The number of hydrogen-bond donors (Lipinski definition) is 2. The van der Waals surface area contributed by atoms with E-state index in [0.717, 1.165) is 64.4 Å². The lowest BCUT2D eigenvalue weighted by Crippen LogP contribution is -2.14. The molecule has 0 radical (unpaired) electrons. The van der Waals surface area contributed by atoms with Crippen LogP contribution >= 0.6 is 0 Å². The largest absolute Gasteiger partial charge is 0.373 e. The average Bonchev–Trinajstić information content (AvgIpc) is 3.70. The zero-order valence-corrected chi connectivity index (χ0v) is 20.3. The molecule has 0 bridgehead atoms. The van der Waals surface area contributed by atoms with Gasteiger partial charge in [0.1, 0.15) is 17.2 Å². The van der Waals surface area contributed by atoms with Gasteiger partial charge in [0.2, 0.25) is 5.91 Å². The molecular formula is C28H27N7O. The molecule has 8 nitrogen and oxygen atoms in total. The van der Waals surface area contributed by atoms with Gasteiger partial charge >= 0.3 is 0 Å². The fraction of sp³-hybridized carbons (Fsp3) is 0.250. The first-order chi connectivity index (χ1) is 17.6. The molecule has 2 N–H and O–H groups in total. The molecule has 3 heterocycles. The number of carbonyl (C=O) groups is 1. The smallest absolute Gasteiger partial charge is 0.228 e. The second-order valence-corrected chi connectivity index (χ2v) is 9.38. The first-order valence-corrected chi connectivity index (χ1v) is 12.2. The third kappa shape index (κ3) is 4.26. The van der Waals surface area contributed by atoms with E-state index in [4.69, 9.17) is 0 Å². The highest BCUT2D eigenvalue weighted by atomic mass is 16.2. The highest BCUT2D eigenvalue weighted by molar-refractivity contribution is 6.03. The van der Waals surface area contributed by atoms with Crippen molar-refractivity contribution >= 4 is 39.3 Å². The number of hydrogen-bond acceptors (Lipinski definition) is 6. The Labute approximate surface area is 208 Å². The Morgan fingerprint density at radius 2 is 1.75 bits per heavy atom. The Balaban J connectivity index is 1.25. The Bertz CT molecular complexity index is 1590. The fourth-order valence-electron chi connectivity index (χ4n) is 4.58. The first-order valence-electron chi connectivity index (χ1n) is 12.2. The van der Waals surface area contributed by atoms with Crippen LogP contribution in [0.5, 0.6) is 0 Å².